The summed E-state index contributed by atoms with van der Waals surface area (Å²) in [7, 11) is 0. The van der Waals surface area contributed by atoms with Crippen LogP contribution < -0.4 is 10.6 Å². The number of benzene rings is 1. The molecule has 0 radical (unpaired) electrons. The van der Waals surface area contributed by atoms with Gasteiger partial charge in [-0.15, -0.1) is 0 Å². The topological polar surface area (TPSA) is 59.0 Å². The molecule has 0 aliphatic heterocycles. The van der Waals surface area contributed by atoms with Crippen molar-refractivity contribution in [3.8, 4) is 5.69 Å². The molecular formula is C24H29F3N4O. The summed E-state index contributed by atoms with van der Waals surface area (Å²) in [5.74, 6) is 0.0955. The second-order valence-electron chi connectivity index (χ2n) is 8.83. The third-order valence-electron chi connectivity index (χ3n) is 6.50. The van der Waals surface area contributed by atoms with E-state index in [1.807, 2.05) is 19.9 Å². The van der Waals surface area contributed by atoms with E-state index in [4.69, 9.17) is 0 Å². The number of halogens is 3. The van der Waals surface area contributed by atoms with Crippen LogP contribution in [0.4, 0.5) is 18.0 Å². The highest BCUT2D eigenvalue weighted by molar-refractivity contribution is 5.75. The summed E-state index contributed by atoms with van der Waals surface area (Å²) < 4.78 is 40.3. The smallest absolute Gasteiger partial charge is 0.335 e. The Labute approximate surface area is 186 Å². The molecule has 1 fully saturated rings. The van der Waals surface area contributed by atoms with Gasteiger partial charge in [0, 0.05) is 29.3 Å². The lowest BCUT2D eigenvalue weighted by Crippen LogP contribution is -2.46. The molecule has 1 heterocycles. The molecule has 8 heteroatoms. The van der Waals surface area contributed by atoms with Crippen molar-refractivity contribution in [1.29, 1.82) is 0 Å². The van der Waals surface area contributed by atoms with Crippen molar-refractivity contribution in [2.75, 3.05) is 0 Å². The fraction of sp³-hybridized carbons (Fsp3) is 0.500. The van der Waals surface area contributed by atoms with Crippen LogP contribution in [0, 0.1) is 13.8 Å². The summed E-state index contributed by atoms with van der Waals surface area (Å²) >= 11 is 0. The van der Waals surface area contributed by atoms with Crippen LogP contribution in [0.3, 0.4) is 0 Å². The number of rotatable bonds is 4. The summed E-state index contributed by atoms with van der Waals surface area (Å²) in [5.41, 5.74) is 2.70. The summed E-state index contributed by atoms with van der Waals surface area (Å²) in [4.78, 5) is 12.4. The number of nitrogens with zero attached hydrogens (tertiary/aromatic N) is 2. The molecule has 2 N–H and O–H groups in total. The van der Waals surface area contributed by atoms with Crippen LogP contribution in [0.1, 0.15) is 67.0 Å². The highest BCUT2D eigenvalue weighted by Gasteiger charge is 2.31. The Kier molecular flexibility index (Phi) is 6.31. The minimum atomic E-state index is -4.36. The average Bonchev–Trinajstić information content (AvgIpc) is 3.31. The Hall–Kier alpha value is -2.77. The Morgan fingerprint density at radius 2 is 1.72 bits per heavy atom. The molecule has 172 valence electrons. The molecule has 2 unspecified atom stereocenters. The highest BCUT2D eigenvalue weighted by Crippen LogP contribution is 2.35. The molecule has 4 rings (SSSR count). The molecule has 2 atom stereocenters. The van der Waals surface area contributed by atoms with Crippen LogP contribution in [-0.2, 0) is 6.18 Å². The van der Waals surface area contributed by atoms with Crippen LogP contribution in [0.2, 0.25) is 0 Å². The number of hydrogen-bond donors (Lipinski definition) is 2. The third-order valence-corrected chi connectivity index (χ3v) is 6.50. The third kappa shape index (κ3) is 4.84. The van der Waals surface area contributed by atoms with E-state index in [2.05, 4.69) is 21.8 Å². The first-order chi connectivity index (χ1) is 15.2. The Morgan fingerprint density at radius 3 is 2.38 bits per heavy atom. The van der Waals surface area contributed by atoms with Crippen molar-refractivity contribution in [3.63, 3.8) is 0 Å². The van der Waals surface area contributed by atoms with Crippen LogP contribution in [0.25, 0.3) is 5.69 Å². The molecular weight excluding hydrogens is 417 g/mol. The molecule has 5 nitrogen and oxygen atoms in total. The first-order valence-electron chi connectivity index (χ1n) is 11.2. The fourth-order valence-corrected chi connectivity index (χ4v) is 4.90. The van der Waals surface area contributed by atoms with E-state index in [1.54, 1.807) is 4.68 Å². The number of alkyl halides is 3. The van der Waals surface area contributed by atoms with Crippen LogP contribution in [0.15, 0.2) is 36.4 Å². The molecule has 2 aromatic rings. The summed E-state index contributed by atoms with van der Waals surface area (Å²) in [6.07, 6.45) is 6.12. The Morgan fingerprint density at radius 1 is 1.03 bits per heavy atom. The molecule has 1 aromatic heterocycles. The van der Waals surface area contributed by atoms with Crippen molar-refractivity contribution < 1.29 is 18.0 Å². The molecule has 2 aliphatic carbocycles. The monoisotopic (exact) mass is 446 g/mol. The first-order valence-corrected chi connectivity index (χ1v) is 11.2. The van der Waals surface area contributed by atoms with E-state index in [1.165, 1.54) is 18.6 Å². The van der Waals surface area contributed by atoms with Gasteiger partial charge in [0.05, 0.1) is 16.9 Å². The average molecular weight is 447 g/mol. The standard InChI is InChI=1S/C24H29F3N4O/c1-15-22(16(2)31(30-15)21-12-9-18(10-13-21)24(25,26)27)17-8-11-20(14-17)29-23(32)28-19-6-4-3-5-7-19/h8-13,17,19-20H,3-7,14H2,1-2H3,(H2,28,29,32). The zero-order chi connectivity index (χ0) is 22.9. The van der Waals surface area contributed by atoms with Crippen molar-refractivity contribution in [2.45, 2.75) is 76.6 Å². The SMILES string of the molecule is Cc1nn(-c2ccc(C(F)(F)F)cc2)c(C)c1C1C=CC(NC(=O)NC2CCCCC2)C1. The Bertz CT molecular complexity index is 988. The van der Waals surface area contributed by atoms with Gasteiger partial charge < -0.3 is 10.6 Å². The minimum Gasteiger partial charge on any atom is -0.335 e. The molecule has 1 aromatic carbocycles. The number of carbonyl (C=O) groups is 1. The molecule has 2 aliphatic rings. The number of nitrogens with one attached hydrogen (secondary N) is 2. The molecule has 0 bridgehead atoms. The summed E-state index contributed by atoms with van der Waals surface area (Å²) in [6, 6.07) is 5.11. The van der Waals surface area contributed by atoms with E-state index in [0.29, 0.717) is 5.69 Å². The zero-order valence-electron chi connectivity index (χ0n) is 18.4. The van der Waals surface area contributed by atoms with Crippen molar-refractivity contribution in [3.05, 3.63) is 58.9 Å². The molecule has 2 amide bonds. The van der Waals surface area contributed by atoms with Crippen molar-refractivity contribution >= 4 is 6.03 Å². The van der Waals surface area contributed by atoms with E-state index in [9.17, 15) is 18.0 Å². The van der Waals surface area contributed by atoms with Crippen molar-refractivity contribution in [2.24, 2.45) is 0 Å². The number of aromatic nitrogens is 2. The van der Waals surface area contributed by atoms with E-state index in [0.717, 1.165) is 61.2 Å². The number of hydrogen-bond acceptors (Lipinski definition) is 2. The molecule has 32 heavy (non-hydrogen) atoms. The Balaban J connectivity index is 1.42. The highest BCUT2D eigenvalue weighted by atomic mass is 19.4. The lowest BCUT2D eigenvalue weighted by Gasteiger charge is -2.24. The number of carbonyl (C=O) groups excluding carboxylic acids is 1. The molecule has 1 saturated carbocycles. The largest absolute Gasteiger partial charge is 0.416 e. The van der Waals surface area contributed by atoms with Gasteiger partial charge in [-0.2, -0.15) is 18.3 Å². The fourth-order valence-electron chi connectivity index (χ4n) is 4.90. The minimum absolute atomic E-state index is 0.0585. The number of allylic oxidation sites excluding steroid dienone is 1. The second-order valence-corrected chi connectivity index (χ2v) is 8.83. The number of urea groups is 1. The zero-order valence-corrected chi connectivity index (χ0v) is 18.4. The van der Waals surface area contributed by atoms with Gasteiger partial charge in [0.25, 0.3) is 0 Å². The lowest BCUT2D eigenvalue weighted by molar-refractivity contribution is -0.137. The summed E-state index contributed by atoms with van der Waals surface area (Å²) in [6.45, 7) is 3.84. The lowest BCUT2D eigenvalue weighted by atomic mass is 9.95. The van der Waals surface area contributed by atoms with Gasteiger partial charge in [0.1, 0.15) is 0 Å². The van der Waals surface area contributed by atoms with Gasteiger partial charge in [-0.05, 0) is 57.4 Å². The van der Waals surface area contributed by atoms with Crippen LogP contribution in [0.5, 0.6) is 0 Å². The van der Waals surface area contributed by atoms with E-state index in [-0.39, 0.29) is 24.0 Å². The number of aryl methyl sites for hydroxylation is 1. The van der Waals surface area contributed by atoms with Gasteiger partial charge in [-0.3, -0.25) is 0 Å². The van der Waals surface area contributed by atoms with Gasteiger partial charge >= 0.3 is 12.2 Å². The van der Waals surface area contributed by atoms with Gasteiger partial charge in [0.15, 0.2) is 0 Å². The molecule has 0 spiro atoms. The van der Waals surface area contributed by atoms with Gasteiger partial charge in [0.2, 0.25) is 0 Å². The molecule has 0 saturated heterocycles. The van der Waals surface area contributed by atoms with Crippen molar-refractivity contribution in [1.82, 2.24) is 20.4 Å². The maximum atomic E-state index is 12.9. The maximum Gasteiger partial charge on any atom is 0.416 e. The maximum absolute atomic E-state index is 12.9. The van der Waals surface area contributed by atoms with Crippen LogP contribution >= 0.6 is 0 Å². The number of amides is 2. The predicted octanol–water partition coefficient (Wildman–Crippen LogP) is 5.55. The van der Waals surface area contributed by atoms with E-state index < -0.39 is 11.7 Å². The quantitative estimate of drug-likeness (QED) is 0.605. The normalized spacial score (nSPS) is 21.7. The second kappa shape index (κ2) is 9.00. The van der Waals surface area contributed by atoms with E-state index >= 15 is 0 Å². The van der Waals surface area contributed by atoms with Gasteiger partial charge in [-0.25, -0.2) is 9.48 Å². The first kappa shape index (κ1) is 22.4. The summed E-state index contributed by atoms with van der Waals surface area (Å²) in [5, 5.41) is 10.7. The predicted molar refractivity (Wildman–Crippen MR) is 117 cm³/mol. The van der Waals surface area contributed by atoms with Gasteiger partial charge in [-0.1, -0.05) is 31.4 Å². The van der Waals surface area contributed by atoms with Crippen LogP contribution in [-0.4, -0.2) is 27.9 Å².